The third-order valence-corrected chi connectivity index (χ3v) is 5.96. The van der Waals surface area contributed by atoms with Gasteiger partial charge in [-0.1, -0.05) is 46.3 Å². The Morgan fingerprint density at radius 2 is 1.95 bits per heavy atom. The molecular weight excluding hydrogens is 437 g/mol. The fourth-order valence-electron chi connectivity index (χ4n) is 3.60. The van der Waals surface area contributed by atoms with E-state index < -0.39 is 0 Å². The maximum atomic E-state index is 3.78. The Kier molecular flexibility index (Phi) is 3.58. The predicted octanol–water partition coefficient (Wildman–Crippen LogP) is 5.88. The summed E-state index contributed by atoms with van der Waals surface area (Å²) in [5.74, 6) is 1.14. The molecule has 3 atom stereocenters. The van der Waals surface area contributed by atoms with E-state index in [1.807, 2.05) is 0 Å². The van der Waals surface area contributed by atoms with Crippen LogP contribution >= 0.6 is 38.5 Å². The molecule has 0 saturated heterocycles. The summed E-state index contributed by atoms with van der Waals surface area (Å²) in [6.45, 7) is 0. The quantitative estimate of drug-likeness (QED) is 0.421. The molecule has 0 fully saturated rings. The average molecular weight is 452 g/mol. The molecule has 0 unspecified atom stereocenters. The zero-order chi connectivity index (χ0) is 14.4. The molecule has 1 nitrogen and oxygen atoms in total. The van der Waals surface area contributed by atoms with Gasteiger partial charge in [0.2, 0.25) is 0 Å². The van der Waals surface area contributed by atoms with E-state index in [4.69, 9.17) is 0 Å². The summed E-state index contributed by atoms with van der Waals surface area (Å²) in [5, 5.41) is 3.78. The Bertz CT molecular complexity index is 725. The predicted molar refractivity (Wildman–Crippen MR) is 99.7 cm³/mol. The zero-order valence-corrected chi connectivity index (χ0v) is 15.1. The molecule has 1 heterocycles. The van der Waals surface area contributed by atoms with Gasteiger partial charge in [0.05, 0.1) is 6.04 Å². The summed E-state index contributed by atoms with van der Waals surface area (Å²) in [6, 6.07) is 15.7. The normalized spacial score (nSPS) is 26.1. The first-order valence-electron chi connectivity index (χ1n) is 7.21. The molecule has 1 aliphatic carbocycles. The van der Waals surface area contributed by atoms with Crippen molar-refractivity contribution in [1.29, 1.82) is 0 Å². The average Bonchev–Trinajstić information content (AvgIpc) is 2.97. The van der Waals surface area contributed by atoms with E-state index in [9.17, 15) is 0 Å². The van der Waals surface area contributed by atoms with Crippen molar-refractivity contribution in [2.45, 2.75) is 18.4 Å². The van der Waals surface area contributed by atoms with Crippen molar-refractivity contribution in [3.63, 3.8) is 0 Å². The fourth-order valence-corrected chi connectivity index (χ4v) is 4.65. The van der Waals surface area contributed by atoms with Gasteiger partial charge in [-0.25, -0.2) is 0 Å². The van der Waals surface area contributed by atoms with E-state index in [-0.39, 0.29) is 0 Å². The Hall–Kier alpha value is -0.810. The molecule has 0 saturated carbocycles. The molecule has 1 N–H and O–H groups in total. The molecule has 106 valence electrons. The van der Waals surface area contributed by atoms with Crippen molar-refractivity contribution in [2.24, 2.45) is 5.92 Å². The Morgan fingerprint density at radius 3 is 2.81 bits per heavy atom. The van der Waals surface area contributed by atoms with Crippen LogP contribution in [-0.4, -0.2) is 0 Å². The number of hydrogen-bond acceptors (Lipinski definition) is 1. The standard InChI is InChI=1S/C18H15BrIN/c19-16-7-2-1-4-14(16)18-13-6-3-5-12(13)15-10-11(20)8-9-17(15)21-18/h1-5,7-10,12-13,18,21H,6H2/t12-,13-,18-/m1/s1. The number of anilines is 1. The van der Waals surface area contributed by atoms with Gasteiger partial charge in [0.15, 0.2) is 0 Å². The molecular formula is C18H15BrIN. The number of nitrogens with one attached hydrogen (secondary N) is 1. The Morgan fingerprint density at radius 1 is 1.10 bits per heavy atom. The highest BCUT2D eigenvalue weighted by Crippen LogP contribution is 2.50. The molecule has 2 aromatic rings. The van der Waals surface area contributed by atoms with Gasteiger partial charge in [-0.2, -0.15) is 0 Å². The van der Waals surface area contributed by atoms with Crippen molar-refractivity contribution in [1.82, 2.24) is 0 Å². The van der Waals surface area contributed by atoms with Gasteiger partial charge in [-0.05, 0) is 70.3 Å². The van der Waals surface area contributed by atoms with Gasteiger partial charge >= 0.3 is 0 Å². The maximum absolute atomic E-state index is 3.78. The molecule has 0 amide bonds. The number of benzene rings is 2. The summed E-state index contributed by atoms with van der Waals surface area (Å²) in [4.78, 5) is 0. The van der Waals surface area contributed by atoms with Crippen LogP contribution in [0.4, 0.5) is 5.69 Å². The van der Waals surface area contributed by atoms with Crippen molar-refractivity contribution >= 4 is 44.2 Å². The van der Waals surface area contributed by atoms with Crippen LogP contribution in [0.15, 0.2) is 59.1 Å². The van der Waals surface area contributed by atoms with E-state index in [0.29, 0.717) is 17.9 Å². The topological polar surface area (TPSA) is 12.0 Å². The lowest BCUT2D eigenvalue weighted by Crippen LogP contribution is -2.29. The lowest BCUT2D eigenvalue weighted by atomic mass is 9.77. The minimum absolute atomic E-state index is 0.369. The van der Waals surface area contributed by atoms with Crippen molar-refractivity contribution in [2.75, 3.05) is 5.32 Å². The molecule has 2 aliphatic rings. The number of fused-ring (bicyclic) bond motifs is 3. The summed E-state index contributed by atoms with van der Waals surface area (Å²) < 4.78 is 2.51. The smallest absolute Gasteiger partial charge is 0.0565 e. The Balaban J connectivity index is 1.82. The minimum atomic E-state index is 0.369. The van der Waals surface area contributed by atoms with Crippen LogP contribution in [0.1, 0.15) is 29.5 Å². The van der Waals surface area contributed by atoms with E-state index in [0.717, 1.165) is 6.42 Å². The largest absolute Gasteiger partial charge is 0.378 e. The van der Waals surface area contributed by atoms with Gasteiger partial charge < -0.3 is 5.32 Å². The molecule has 0 bridgehead atoms. The number of rotatable bonds is 1. The van der Waals surface area contributed by atoms with Gasteiger partial charge in [0.1, 0.15) is 0 Å². The summed E-state index contributed by atoms with van der Waals surface area (Å²) in [5.41, 5.74) is 4.09. The second-order valence-corrected chi connectivity index (χ2v) is 7.83. The first-order chi connectivity index (χ1) is 10.2. The van der Waals surface area contributed by atoms with Crippen LogP contribution in [0.2, 0.25) is 0 Å². The third kappa shape index (κ3) is 2.34. The van der Waals surface area contributed by atoms with E-state index in [1.54, 1.807) is 0 Å². The van der Waals surface area contributed by atoms with Crippen molar-refractivity contribution in [3.05, 3.63) is 73.8 Å². The van der Waals surface area contributed by atoms with Crippen LogP contribution in [0, 0.1) is 9.49 Å². The first-order valence-corrected chi connectivity index (χ1v) is 9.08. The zero-order valence-electron chi connectivity index (χ0n) is 11.4. The SMILES string of the molecule is Brc1ccccc1[C@@H]1Nc2ccc(I)cc2[C@@H]2C=CC[C@H]21. The van der Waals surface area contributed by atoms with Crippen LogP contribution in [0.5, 0.6) is 0 Å². The van der Waals surface area contributed by atoms with Crippen LogP contribution in [0.25, 0.3) is 0 Å². The van der Waals surface area contributed by atoms with Crippen LogP contribution < -0.4 is 5.32 Å². The highest BCUT2D eigenvalue weighted by atomic mass is 127. The van der Waals surface area contributed by atoms with Crippen molar-refractivity contribution < 1.29 is 0 Å². The molecule has 0 radical (unpaired) electrons. The molecule has 1 aliphatic heterocycles. The van der Waals surface area contributed by atoms with Gasteiger partial charge in [0.25, 0.3) is 0 Å². The molecule has 4 rings (SSSR count). The summed E-state index contributed by atoms with van der Waals surface area (Å²) >= 11 is 6.12. The Labute approximate surface area is 147 Å². The fraction of sp³-hybridized carbons (Fsp3) is 0.222. The van der Waals surface area contributed by atoms with E-state index in [1.165, 1.54) is 24.9 Å². The van der Waals surface area contributed by atoms with Crippen LogP contribution in [0.3, 0.4) is 0 Å². The molecule has 0 spiro atoms. The van der Waals surface area contributed by atoms with Gasteiger partial charge in [-0.15, -0.1) is 0 Å². The highest BCUT2D eigenvalue weighted by molar-refractivity contribution is 14.1. The van der Waals surface area contributed by atoms with Gasteiger partial charge in [-0.3, -0.25) is 0 Å². The lowest BCUT2D eigenvalue weighted by Gasteiger charge is -2.38. The molecule has 0 aromatic heterocycles. The number of hydrogen-bond donors (Lipinski definition) is 1. The highest BCUT2D eigenvalue weighted by Gasteiger charge is 2.38. The maximum Gasteiger partial charge on any atom is 0.0565 e. The second-order valence-electron chi connectivity index (χ2n) is 5.73. The monoisotopic (exact) mass is 451 g/mol. The summed E-state index contributed by atoms with van der Waals surface area (Å²) in [7, 11) is 0. The van der Waals surface area contributed by atoms with Crippen LogP contribution in [-0.2, 0) is 0 Å². The minimum Gasteiger partial charge on any atom is -0.378 e. The van der Waals surface area contributed by atoms with Gasteiger partial charge in [0, 0.05) is 19.6 Å². The molecule has 3 heteroatoms. The van der Waals surface area contributed by atoms with E-state index >= 15 is 0 Å². The van der Waals surface area contributed by atoms with Crippen molar-refractivity contribution in [3.8, 4) is 0 Å². The third-order valence-electron chi connectivity index (χ3n) is 4.57. The second kappa shape index (κ2) is 5.43. The summed E-state index contributed by atoms with van der Waals surface area (Å²) in [6.07, 6.45) is 5.88. The first kappa shape index (κ1) is 13.8. The molecule has 2 aromatic carbocycles. The molecule has 21 heavy (non-hydrogen) atoms. The lowest BCUT2D eigenvalue weighted by molar-refractivity contribution is 0.424. The van der Waals surface area contributed by atoms with E-state index in [2.05, 4.69) is 98.5 Å². The number of halogens is 2. The number of allylic oxidation sites excluding steroid dienone is 2.